The van der Waals surface area contributed by atoms with Crippen LogP contribution in [0.25, 0.3) is 0 Å². The molecule has 0 amide bonds. The molecule has 0 N–H and O–H groups in total. The van der Waals surface area contributed by atoms with E-state index in [2.05, 4.69) is 4.98 Å². The van der Waals surface area contributed by atoms with Gasteiger partial charge in [-0.15, -0.1) is 0 Å². The van der Waals surface area contributed by atoms with Crippen LogP contribution in [-0.2, 0) is 16.6 Å². The Bertz CT molecular complexity index is 479. The highest BCUT2D eigenvalue weighted by atomic mass is 32.2. The standard InChI is InChI=1S/C13H13NOS/c1-11-5-7-13(8-6-11)16(15)10-12-4-2-3-9-14-12/h2-9H,10H2,1H3. The van der Waals surface area contributed by atoms with Gasteiger partial charge in [-0.2, -0.15) is 0 Å². The molecule has 16 heavy (non-hydrogen) atoms. The second kappa shape index (κ2) is 5.03. The Morgan fingerprint density at radius 2 is 1.88 bits per heavy atom. The zero-order chi connectivity index (χ0) is 11.4. The lowest BCUT2D eigenvalue weighted by Gasteiger charge is -2.02. The molecule has 0 bridgehead atoms. The Labute approximate surface area is 97.8 Å². The SMILES string of the molecule is Cc1ccc(S(=O)Cc2ccccn2)cc1. The molecule has 1 atom stereocenters. The van der Waals surface area contributed by atoms with Crippen molar-refractivity contribution in [1.29, 1.82) is 0 Å². The molecule has 2 nitrogen and oxygen atoms in total. The van der Waals surface area contributed by atoms with E-state index in [1.807, 2.05) is 49.4 Å². The Balaban J connectivity index is 2.12. The maximum atomic E-state index is 12.0. The summed E-state index contributed by atoms with van der Waals surface area (Å²) in [5.74, 6) is 0.476. The summed E-state index contributed by atoms with van der Waals surface area (Å²) in [7, 11) is -1.01. The van der Waals surface area contributed by atoms with Crippen molar-refractivity contribution >= 4 is 10.8 Å². The van der Waals surface area contributed by atoms with E-state index in [0.717, 1.165) is 10.6 Å². The second-order valence-corrected chi connectivity index (χ2v) is 5.08. The van der Waals surface area contributed by atoms with Crippen LogP contribution in [0.5, 0.6) is 0 Å². The first kappa shape index (κ1) is 11.0. The van der Waals surface area contributed by atoms with E-state index in [4.69, 9.17) is 0 Å². The van der Waals surface area contributed by atoms with Crippen molar-refractivity contribution < 1.29 is 4.21 Å². The molecule has 2 rings (SSSR count). The first-order chi connectivity index (χ1) is 7.75. The van der Waals surface area contributed by atoms with Crippen molar-refractivity contribution in [2.45, 2.75) is 17.6 Å². The fourth-order valence-corrected chi connectivity index (χ4v) is 2.44. The van der Waals surface area contributed by atoms with Gasteiger partial charge < -0.3 is 0 Å². The summed E-state index contributed by atoms with van der Waals surface area (Å²) in [5.41, 5.74) is 2.04. The van der Waals surface area contributed by atoms with Crippen LogP contribution in [0, 0.1) is 6.92 Å². The monoisotopic (exact) mass is 231 g/mol. The Morgan fingerprint density at radius 3 is 2.50 bits per heavy atom. The van der Waals surface area contributed by atoms with Crippen LogP contribution in [0.4, 0.5) is 0 Å². The molecule has 2 aromatic rings. The number of benzene rings is 1. The third kappa shape index (κ3) is 2.76. The molecule has 0 aliphatic carbocycles. The van der Waals surface area contributed by atoms with Crippen LogP contribution >= 0.6 is 0 Å². The van der Waals surface area contributed by atoms with Crippen molar-refractivity contribution in [2.75, 3.05) is 0 Å². The zero-order valence-corrected chi connectivity index (χ0v) is 9.91. The molecule has 0 saturated heterocycles. The summed E-state index contributed by atoms with van der Waals surface area (Å²) >= 11 is 0. The highest BCUT2D eigenvalue weighted by Crippen LogP contribution is 2.11. The van der Waals surface area contributed by atoms with E-state index in [1.165, 1.54) is 5.56 Å². The lowest BCUT2D eigenvalue weighted by molar-refractivity contribution is 0.682. The summed E-state index contributed by atoms with van der Waals surface area (Å²) < 4.78 is 12.0. The Hall–Kier alpha value is -1.48. The zero-order valence-electron chi connectivity index (χ0n) is 9.09. The smallest absolute Gasteiger partial charge is 0.0705 e. The van der Waals surface area contributed by atoms with Crippen molar-refractivity contribution in [1.82, 2.24) is 4.98 Å². The third-order valence-electron chi connectivity index (χ3n) is 2.29. The van der Waals surface area contributed by atoms with Gasteiger partial charge in [-0.25, -0.2) is 0 Å². The molecule has 0 fully saturated rings. The van der Waals surface area contributed by atoms with Gasteiger partial charge in [0, 0.05) is 11.1 Å². The molecule has 0 spiro atoms. The van der Waals surface area contributed by atoms with Crippen LogP contribution in [0.1, 0.15) is 11.3 Å². The second-order valence-electron chi connectivity index (χ2n) is 3.62. The van der Waals surface area contributed by atoms with E-state index >= 15 is 0 Å². The fraction of sp³-hybridized carbons (Fsp3) is 0.154. The summed E-state index contributed by atoms with van der Waals surface area (Å²) in [6.45, 7) is 2.02. The van der Waals surface area contributed by atoms with Crippen LogP contribution in [0.15, 0.2) is 53.6 Å². The van der Waals surface area contributed by atoms with Gasteiger partial charge in [0.1, 0.15) is 0 Å². The van der Waals surface area contributed by atoms with Crippen molar-refractivity contribution in [3.05, 3.63) is 59.9 Å². The predicted octanol–water partition coefficient (Wildman–Crippen LogP) is 2.70. The summed E-state index contributed by atoms with van der Waals surface area (Å²) in [6, 6.07) is 13.4. The van der Waals surface area contributed by atoms with Gasteiger partial charge in [0.25, 0.3) is 0 Å². The van der Waals surface area contributed by atoms with Crippen molar-refractivity contribution in [3.8, 4) is 0 Å². The molecule has 0 aliphatic heterocycles. The largest absolute Gasteiger partial charge is 0.260 e. The van der Waals surface area contributed by atoms with Gasteiger partial charge in [0.05, 0.1) is 22.2 Å². The lowest BCUT2D eigenvalue weighted by Crippen LogP contribution is -1.98. The van der Waals surface area contributed by atoms with Crippen molar-refractivity contribution in [3.63, 3.8) is 0 Å². The maximum Gasteiger partial charge on any atom is 0.0705 e. The average Bonchev–Trinajstić information content (AvgIpc) is 2.31. The molecule has 1 aromatic heterocycles. The number of nitrogens with zero attached hydrogens (tertiary/aromatic N) is 1. The first-order valence-corrected chi connectivity index (χ1v) is 6.42. The summed E-state index contributed by atoms with van der Waals surface area (Å²) in [6.07, 6.45) is 1.72. The van der Waals surface area contributed by atoms with Gasteiger partial charge in [-0.1, -0.05) is 23.8 Å². The average molecular weight is 231 g/mol. The minimum Gasteiger partial charge on any atom is -0.260 e. The van der Waals surface area contributed by atoms with E-state index in [9.17, 15) is 4.21 Å². The van der Waals surface area contributed by atoms with Crippen LogP contribution in [0.3, 0.4) is 0 Å². The van der Waals surface area contributed by atoms with Crippen LogP contribution in [-0.4, -0.2) is 9.19 Å². The Morgan fingerprint density at radius 1 is 1.12 bits per heavy atom. The molecule has 0 saturated carbocycles. The number of rotatable bonds is 3. The van der Waals surface area contributed by atoms with E-state index < -0.39 is 10.8 Å². The highest BCUT2D eigenvalue weighted by molar-refractivity contribution is 7.84. The Kier molecular flexibility index (Phi) is 3.47. The maximum absolute atomic E-state index is 12.0. The van der Waals surface area contributed by atoms with Gasteiger partial charge in [0.15, 0.2) is 0 Å². The highest BCUT2D eigenvalue weighted by Gasteiger charge is 2.04. The lowest BCUT2D eigenvalue weighted by atomic mass is 10.2. The van der Waals surface area contributed by atoms with Gasteiger partial charge in [0.2, 0.25) is 0 Å². The van der Waals surface area contributed by atoms with Crippen LogP contribution in [0.2, 0.25) is 0 Å². The molecule has 3 heteroatoms. The van der Waals surface area contributed by atoms with Gasteiger partial charge in [-0.3, -0.25) is 9.19 Å². The third-order valence-corrected chi connectivity index (χ3v) is 3.64. The topological polar surface area (TPSA) is 30.0 Å². The summed E-state index contributed by atoms with van der Waals surface area (Å²) in [4.78, 5) is 5.03. The van der Waals surface area contributed by atoms with E-state index in [0.29, 0.717) is 5.75 Å². The van der Waals surface area contributed by atoms with Crippen LogP contribution < -0.4 is 0 Å². The quantitative estimate of drug-likeness (QED) is 0.813. The molecule has 82 valence electrons. The number of hydrogen-bond donors (Lipinski definition) is 0. The fourth-order valence-electron chi connectivity index (χ4n) is 1.39. The van der Waals surface area contributed by atoms with Gasteiger partial charge >= 0.3 is 0 Å². The molecule has 1 aromatic carbocycles. The molecule has 1 unspecified atom stereocenters. The number of aryl methyl sites for hydroxylation is 1. The molecular weight excluding hydrogens is 218 g/mol. The number of aromatic nitrogens is 1. The van der Waals surface area contributed by atoms with Gasteiger partial charge in [-0.05, 0) is 31.2 Å². The van der Waals surface area contributed by atoms with E-state index in [-0.39, 0.29) is 0 Å². The summed E-state index contributed by atoms with van der Waals surface area (Å²) in [5, 5.41) is 0. The minimum atomic E-state index is -1.01. The molecule has 0 radical (unpaired) electrons. The molecule has 0 aliphatic rings. The predicted molar refractivity (Wildman–Crippen MR) is 65.5 cm³/mol. The normalized spacial score (nSPS) is 12.3. The van der Waals surface area contributed by atoms with E-state index in [1.54, 1.807) is 6.20 Å². The molecular formula is C13H13NOS. The number of pyridine rings is 1. The molecule has 1 heterocycles. The van der Waals surface area contributed by atoms with Crippen molar-refractivity contribution in [2.24, 2.45) is 0 Å². The number of hydrogen-bond acceptors (Lipinski definition) is 2. The first-order valence-electron chi connectivity index (χ1n) is 5.10. The minimum absolute atomic E-state index is 0.476.